The van der Waals surface area contributed by atoms with Gasteiger partial charge in [0.1, 0.15) is 23.2 Å². The molecule has 0 saturated heterocycles. The Morgan fingerprint density at radius 1 is 1.10 bits per heavy atom. The summed E-state index contributed by atoms with van der Waals surface area (Å²) in [6.07, 6.45) is 5.16. The van der Waals surface area contributed by atoms with Crippen molar-refractivity contribution in [1.82, 2.24) is 15.0 Å². The lowest BCUT2D eigenvalue weighted by atomic mass is 10.0. The lowest BCUT2D eigenvalue weighted by Crippen LogP contribution is -2.26. The molecule has 30 heavy (non-hydrogen) atoms. The van der Waals surface area contributed by atoms with Crippen molar-refractivity contribution < 1.29 is 13.5 Å². The molecule has 5 nitrogen and oxygen atoms in total. The van der Waals surface area contributed by atoms with Crippen LogP contribution in [0.5, 0.6) is 5.75 Å². The number of ether oxygens (including phenoxy) is 1. The van der Waals surface area contributed by atoms with E-state index in [0.29, 0.717) is 11.6 Å². The molecule has 8 heteroatoms. The van der Waals surface area contributed by atoms with Gasteiger partial charge in [-0.25, -0.2) is 18.7 Å². The number of nitrogens with zero attached hydrogens (tertiary/aromatic N) is 3. The fourth-order valence-corrected chi connectivity index (χ4v) is 4.39. The minimum Gasteiger partial charge on any atom is -0.487 e. The quantitative estimate of drug-likeness (QED) is 0.479. The van der Waals surface area contributed by atoms with Gasteiger partial charge in [0, 0.05) is 40.2 Å². The van der Waals surface area contributed by atoms with Gasteiger partial charge in [-0.1, -0.05) is 6.07 Å². The van der Waals surface area contributed by atoms with E-state index in [0.717, 1.165) is 26.7 Å². The number of aromatic nitrogens is 3. The first-order chi connectivity index (χ1) is 14.6. The van der Waals surface area contributed by atoms with Gasteiger partial charge in [-0.15, -0.1) is 11.3 Å². The van der Waals surface area contributed by atoms with Crippen molar-refractivity contribution in [2.24, 2.45) is 0 Å². The number of rotatable bonds is 3. The molecule has 4 heterocycles. The van der Waals surface area contributed by atoms with Crippen molar-refractivity contribution in [3.63, 3.8) is 0 Å². The summed E-state index contributed by atoms with van der Waals surface area (Å²) in [5.74, 6) is -0.255. The number of thiazole rings is 1. The molecule has 1 aliphatic rings. The van der Waals surface area contributed by atoms with Crippen molar-refractivity contribution in [3.05, 3.63) is 77.1 Å². The molecule has 1 aliphatic heterocycles. The fourth-order valence-electron chi connectivity index (χ4n) is 3.45. The maximum Gasteiger partial charge on any atom is 0.169 e. The summed E-state index contributed by atoms with van der Waals surface area (Å²) in [7, 11) is 0. The van der Waals surface area contributed by atoms with E-state index in [4.69, 9.17) is 9.72 Å². The first-order valence-electron chi connectivity index (χ1n) is 9.31. The number of fused-ring (bicyclic) bond motifs is 1. The largest absolute Gasteiger partial charge is 0.487 e. The number of aryl methyl sites for hydroxylation is 1. The zero-order valence-corrected chi connectivity index (χ0v) is 16.7. The third kappa shape index (κ3) is 3.29. The zero-order chi connectivity index (χ0) is 20.7. The minimum absolute atomic E-state index is 0.0497. The molecule has 0 radical (unpaired) electrons. The Balaban J connectivity index is 1.45. The van der Waals surface area contributed by atoms with Gasteiger partial charge < -0.3 is 10.1 Å². The number of benzene rings is 1. The molecular weight excluding hydrogens is 406 g/mol. The van der Waals surface area contributed by atoms with Crippen LogP contribution in [0, 0.1) is 18.6 Å². The van der Waals surface area contributed by atoms with Gasteiger partial charge in [0.05, 0.1) is 11.7 Å². The van der Waals surface area contributed by atoms with E-state index in [-0.39, 0.29) is 12.2 Å². The van der Waals surface area contributed by atoms with Crippen LogP contribution in [-0.2, 0) is 0 Å². The summed E-state index contributed by atoms with van der Waals surface area (Å²) < 4.78 is 34.0. The average molecular weight is 422 g/mol. The van der Waals surface area contributed by atoms with E-state index in [1.54, 1.807) is 29.9 Å². The van der Waals surface area contributed by atoms with Crippen molar-refractivity contribution >= 4 is 17.2 Å². The van der Waals surface area contributed by atoms with Crippen molar-refractivity contribution in [2.75, 3.05) is 11.9 Å². The Bertz CT molecular complexity index is 1210. The SMILES string of the molecule is Cc1sc(-c2ccncc2)nc1-c1cnc2c(c1)OCC(c1c(F)cccc1F)N2. The topological polar surface area (TPSA) is 59.9 Å². The van der Waals surface area contributed by atoms with Crippen LogP contribution in [0.3, 0.4) is 0 Å². The highest BCUT2D eigenvalue weighted by atomic mass is 32.1. The minimum atomic E-state index is -0.656. The third-order valence-electron chi connectivity index (χ3n) is 4.91. The van der Waals surface area contributed by atoms with Crippen LogP contribution < -0.4 is 10.1 Å². The normalized spacial score (nSPS) is 15.2. The van der Waals surface area contributed by atoms with Gasteiger partial charge in [-0.3, -0.25) is 4.98 Å². The number of pyridine rings is 2. The number of halogens is 2. The molecule has 3 aromatic heterocycles. The van der Waals surface area contributed by atoms with E-state index in [1.807, 2.05) is 25.1 Å². The highest BCUT2D eigenvalue weighted by Crippen LogP contribution is 2.38. The lowest BCUT2D eigenvalue weighted by molar-refractivity contribution is 0.279. The highest BCUT2D eigenvalue weighted by Gasteiger charge is 2.27. The Kier molecular flexibility index (Phi) is 4.63. The van der Waals surface area contributed by atoms with Crippen LogP contribution in [0.1, 0.15) is 16.5 Å². The number of hydrogen-bond acceptors (Lipinski definition) is 6. The number of hydrogen-bond donors (Lipinski definition) is 1. The van der Waals surface area contributed by atoms with E-state index in [2.05, 4.69) is 15.3 Å². The summed E-state index contributed by atoms with van der Waals surface area (Å²) in [6, 6.07) is 8.84. The Morgan fingerprint density at radius 3 is 2.63 bits per heavy atom. The predicted octanol–water partition coefficient (Wildman–Crippen LogP) is 5.40. The standard InChI is InChI=1S/C22H16F2N4OS/c1-12-20(28-22(30-12)13-5-7-25-8-6-13)14-9-18-21(26-10-14)27-17(11-29-18)19-15(23)3-2-4-16(19)24/h2-10,17H,11H2,1H3,(H,26,27). The van der Waals surface area contributed by atoms with Crippen molar-refractivity contribution in [3.8, 4) is 27.6 Å². The molecule has 1 aromatic carbocycles. The average Bonchev–Trinajstić information content (AvgIpc) is 3.15. The molecule has 0 bridgehead atoms. The number of nitrogens with one attached hydrogen (secondary N) is 1. The summed E-state index contributed by atoms with van der Waals surface area (Å²) in [5.41, 5.74) is 2.60. The van der Waals surface area contributed by atoms with Crippen LogP contribution in [0.25, 0.3) is 21.8 Å². The van der Waals surface area contributed by atoms with Gasteiger partial charge in [-0.05, 0) is 37.3 Å². The molecule has 1 atom stereocenters. The highest BCUT2D eigenvalue weighted by molar-refractivity contribution is 7.15. The molecule has 150 valence electrons. The first kappa shape index (κ1) is 18.6. The van der Waals surface area contributed by atoms with Crippen molar-refractivity contribution in [1.29, 1.82) is 0 Å². The van der Waals surface area contributed by atoms with Crippen LogP contribution in [0.4, 0.5) is 14.6 Å². The summed E-state index contributed by atoms with van der Waals surface area (Å²) in [5, 5.41) is 3.98. The maximum atomic E-state index is 14.1. The number of anilines is 1. The maximum absolute atomic E-state index is 14.1. The lowest BCUT2D eigenvalue weighted by Gasteiger charge is -2.27. The zero-order valence-electron chi connectivity index (χ0n) is 15.9. The molecule has 0 aliphatic carbocycles. The third-order valence-corrected chi connectivity index (χ3v) is 5.93. The van der Waals surface area contributed by atoms with Gasteiger partial charge in [0.25, 0.3) is 0 Å². The fraction of sp³-hybridized carbons (Fsp3) is 0.136. The molecule has 0 saturated carbocycles. The summed E-state index contributed by atoms with van der Waals surface area (Å²) in [4.78, 5) is 14.3. The second-order valence-electron chi connectivity index (χ2n) is 6.87. The Hall–Kier alpha value is -3.39. The molecule has 1 N–H and O–H groups in total. The molecular formula is C22H16F2N4OS. The Morgan fingerprint density at radius 2 is 1.87 bits per heavy atom. The summed E-state index contributed by atoms with van der Waals surface area (Å²) in [6.45, 7) is 2.10. The van der Waals surface area contributed by atoms with E-state index in [9.17, 15) is 8.78 Å². The molecule has 0 spiro atoms. The van der Waals surface area contributed by atoms with E-state index >= 15 is 0 Å². The molecule has 4 aromatic rings. The molecule has 5 rings (SSSR count). The molecule has 0 amide bonds. The smallest absolute Gasteiger partial charge is 0.169 e. The van der Waals surface area contributed by atoms with Gasteiger partial charge in [-0.2, -0.15) is 0 Å². The van der Waals surface area contributed by atoms with Gasteiger partial charge in [0.2, 0.25) is 0 Å². The monoisotopic (exact) mass is 422 g/mol. The van der Waals surface area contributed by atoms with Crippen molar-refractivity contribution in [2.45, 2.75) is 13.0 Å². The van der Waals surface area contributed by atoms with Crippen LogP contribution in [0.15, 0.2) is 55.0 Å². The second kappa shape index (κ2) is 7.46. The van der Waals surface area contributed by atoms with Crippen LogP contribution >= 0.6 is 11.3 Å². The van der Waals surface area contributed by atoms with Gasteiger partial charge >= 0.3 is 0 Å². The second-order valence-corrected chi connectivity index (χ2v) is 8.08. The first-order valence-corrected chi connectivity index (χ1v) is 10.1. The predicted molar refractivity (Wildman–Crippen MR) is 112 cm³/mol. The van der Waals surface area contributed by atoms with E-state index in [1.165, 1.54) is 18.2 Å². The van der Waals surface area contributed by atoms with Gasteiger partial charge in [0.15, 0.2) is 11.6 Å². The Labute approximate surface area is 175 Å². The van der Waals surface area contributed by atoms with E-state index < -0.39 is 17.7 Å². The van der Waals surface area contributed by atoms with Crippen LogP contribution in [-0.4, -0.2) is 21.6 Å². The molecule has 1 unspecified atom stereocenters. The van der Waals surface area contributed by atoms with Crippen LogP contribution in [0.2, 0.25) is 0 Å². The summed E-state index contributed by atoms with van der Waals surface area (Å²) >= 11 is 1.59. The molecule has 0 fully saturated rings.